The molecular weight excluding hydrogens is 207 g/mol. The standard InChI is InChI=1S/C10H12F3NO/c1-15-9-5-6(11)4-8(13)10(9)7(12)2-3-14/h4-5,7H,2-3,14H2,1H3. The maximum atomic E-state index is 13.5. The van der Waals surface area contributed by atoms with E-state index in [1.165, 1.54) is 7.11 Å². The molecule has 1 aromatic carbocycles. The summed E-state index contributed by atoms with van der Waals surface area (Å²) in [5.41, 5.74) is 4.89. The SMILES string of the molecule is COc1cc(F)cc(F)c1C(F)CCN. The monoisotopic (exact) mass is 219 g/mol. The van der Waals surface area contributed by atoms with Gasteiger partial charge < -0.3 is 10.5 Å². The zero-order valence-electron chi connectivity index (χ0n) is 8.27. The highest BCUT2D eigenvalue weighted by molar-refractivity contribution is 5.37. The summed E-state index contributed by atoms with van der Waals surface area (Å²) in [6, 6.07) is 1.57. The summed E-state index contributed by atoms with van der Waals surface area (Å²) in [7, 11) is 1.23. The molecule has 1 rings (SSSR count). The number of ether oxygens (including phenoxy) is 1. The Balaban J connectivity index is 3.14. The lowest BCUT2D eigenvalue weighted by atomic mass is 10.1. The number of rotatable bonds is 4. The molecule has 0 fully saturated rings. The normalized spacial score (nSPS) is 12.6. The minimum absolute atomic E-state index is 0.0289. The van der Waals surface area contributed by atoms with E-state index < -0.39 is 17.8 Å². The smallest absolute Gasteiger partial charge is 0.135 e. The van der Waals surface area contributed by atoms with Crippen molar-refractivity contribution >= 4 is 0 Å². The summed E-state index contributed by atoms with van der Waals surface area (Å²) < 4.78 is 44.2. The molecule has 0 radical (unpaired) electrons. The number of methoxy groups -OCH3 is 1. The van der Waals surface area contributed by atoms with Gasteiger partial charge in [0.05, 0.1) is 12.7 Å². The molecule has 15 heavy (non-hydrogen) atoms. The van der Waals surface area contributed by atoms with Crippen molar-refractivity contribution in [3.8, 4) is 5.75 Å². The Morgan fingerprint density at radius 3 is 2.60 bits per heavy atom. The van der Waals surface area contributed by atoms with E-state index >= 15 is 0 Å². The van der Waals surface area contributed by atoms with Gasteiger partial charge in [-0.2, -0.15) is 0 Å². The molecule has 0 aliphatic rings. The third-order valence-electron chi connectivity index (χ3n) is 2.01. The zero-order chi connectivity index (χ0) is 11.4. The van der Waals surface area contributed by atoms with E-state index in [0.717, 1.165) is 6.07 Å². The molecule has 84 valence electrons. The molecule has 0 aliphatic carbocycles. The molecule has 0 spiro atoms. The lowest BCUT2D eigenvalue weighted by molar-refractivity contribution is 0.299. The Morgan fingerprint density at radius 1 is 1.40 bits per heavy atom. The highest BCUT2D eigenvalue weighted by Crippen LogP contribution is 2.32. The van der Waals surface area contributed by atoms with Crippen LogP contribution in [0.2, 0.25) is 0 Å². The van der Waals surface area contributed by atoms with Gasteiger partial charge in [0.15, 0.2) is 0 Å². The summed E-state index contributed by atoms with van der Waals surface area (Å²) in [6.07, 6.45) is -1.61. The van der Waals surface area contributed by atoms with Gasteiger partial charge in [-0.3, -0.25) is 0 Å². The van der Waals surface area contributed by atoms with Gasteiger partial charge in [-0.1, -0.05) is 0 Å². The molecule has 1 atom stereocenters. The predicted molar refractivity (Wildman–Crippen MR) is 50.4 cm³/mol. The molecule has 1 unspecified atom stereocenters. The van der Waals surface area contributed by atoms with Crippen molar-refractivity contribution in [3.63, 3.8) is 0 Å². The van der Waals surface area contributed by atoms with E-state index in [9.17, 15) is 13.2 Å². The van der Waals surface area contributed by atoms with Crippen LogP contribution in [0, 0.1) is 11.6 Å². The van der Waals surface area contributed by atoms with Crippen molar-refractivity contribution in [2.45, 2.75) is 12.6 Å². The van der Waals surface area contributed by atoms with Crippen molar-refractivity contribution < 1.29 is 17.9 Å². The number of hydrogen-bond acceptors (Lipinski definition) is 2. The van der Waals surface area contributed by atoms with Gasteiger partial charge in [-0.05, 0) is 13.0 Å². The summed E-state index contributed by atoms with van der Waals surface area (Å²) in [5, 5.41) is 0. The van der Waals surface area contributed by atoms with E-state index in [4.69, 9.17) is 10.5 Å². The lowest BCUT2D eigenvalue weighted by Crippen LogP contribution is -2.07. The Kier molecular flexibility index (Phi) is 3.96. The second kappa shape index (κ2) is 5.02. The van der Waals surface area contributed by atoms with Gasteiger partial charge in [0.2, 0.25) is 0 Å². The largest absolute Gasteiger partial charge is 0.496 e. The van der Waals surface area contributed by atoms with Gasteiger partial charge in [0.1, 0.15) is 23.6 Å². The first-order chi connectivity index (χ1) is 7.10. The van der Waals surface area contributed by atoms with Crippen molar-refractivity contribution in [2.75, 3.05) is 13.7 Å². The fourth-order valence-corrected chi connectivity index (χ4v) is 1.32. The van der Waals surface area contributed by atoms with Crippen molar-refractivity contribution in [1.82, 2.24) is 0 Å². The molecule has 0 heterocycles. The third kappa shape index (κ3) is 2.62. The molecule has 0 saturated carbocycles. The van der Waals surface area contributed by atoms with Crippen LogP contribution in [0.4, 0.5) is 13.2 Å². The van der Waals surface area contributed by atoms with E-state index in [1.807, 2.05) is 0 Å². The Bertz CT molecular complexity index is 344. The van der Waals surface area contributed by atoms with Crippen LogP contribution in [0.1, 0.15) is 18.2 Å². The minimum Gasteiger partial charge on any atom is -0.496 e. The topological polar surface area (TPSA) is 35.2 Å². The Hall–Kier alpha value is -1.23. The van der Waals surface area contributed by atoms with E-state index in [-0.39, 0.29) is 24.3 Å². The van der Waals surface area contributed by atoms with Crippen LogP contribution >= 0.6 is 0 Å². The first-order valence-electron chi connectivity index (χ1n) is 4.47. The molecule has 1 aromatic rings. The van der Waals surface area contributed by atoms with Gasteiger partial charge in [0, 0.05) is 12.1 Å². The summed E-state index contributed by atoms with van der Waals surface area (Å²) >= 11 is 0. The summed E-state index contributed by atoms with van der Waals surface area (Å²) in [5.74, 6) is -1.88. The van der Waals surface area contributed by atoms with Crippen LogP contribution in [0.25, 0.3) is 0 Å². The highest BCUT2D eigenvalue weighted by Gasteiger charge is 2.20. The number of nitrogens with two attached hydrogens (primary N) is 1. The number of alkyl halides is 1. The molecule has 0 aliphatic heterocycles. The van der Waals surface area contributed by atoms with Crippen LogP contribution in [-0.2, 0) is 0 Å². The predicted octanol–water partition coefficient (Wildman–Crippen LogP) is 2.33. The molecule has 5 heteroatoms. The maximum Gasteiger partial charge on any atom is 0.135 e. The molecule has 0 saturated heterocycles. The van der Waals surface area contributed by atoms with Crippen LogP contribution in [0.15, 0.2) is 12.1 Å². The van der Waals surface area contributed by atoms with Crippen LogP contribution < -0.4 is 10.5 Å². The second-order valence-electron chi connectivity index (χ2n) is 3.05. The molecule has 0 amide bonds. The Labute approximate surface area is 85.8 Å². The van der Waals surface area contributed by atoms with Crippen molar-refractivity contribution in [3.05, 3.63) is 29.3 Å². The minimum atomic E-state index is -1.58. The molecule has 2 nitrogen and oxygen atoms in total. The molecular formula is C10H12F3NO. The first-order valence-corrected chi connectivity index (χ1v) is 4.47. The third-order valence-corrected chi connectivity index (χ3v) is 2.01. The second-order valence-corrected chi connectivity index (χ2v) is 3.05. The fraction of sp³-hybridized carbons (Fsp3) is 0.400. The average molecular weight is 219 g/mol. The summed E-state index contributed by atoms with van der Waals surface area (Å²) in [6.45, 7) is 0.0845. The molecule has 2 N–H and O–H groups in total. The maximum absolute atomic E-state index is 13.5. The average Bonchev–Trinajstić information content (AvgIpc) is 2.16. The first kappa shape index (κ1) is 11.8. The van der Waals surface area contributed by atoms with Crippen molar-refractivity contribution in [2.24, 2.45) is 5.73 Å². The van der Waals surface area contributed by atoms with Gasteiger partial charge in [0.25, 0.3) is 0 Å². The quantitative estimate of drug-likeness (QED) is 0.843. The Morgan fingerprint density at radius 2 is 2.07 bits per heavy atom. The molecule has 0 bridgehead atoms. The summed E-state index contributed by atoms with van der Waals surface area (Å²) in [4.78, 5) is 0. The van der Waals surface area contributed by atoms with E-state index in [0.29, 0.717) is 6.07 Å². The van der Waals surface area contributed by atoms with Gasteiger partial charge in [-0.25, -0.2) is 13.2 Å². The van der Waals surface area contributed by atoms with Crippen LogP contribution in [0.3, 0.4) is 0 Å². The van der Waals surface area contributed by atoms with Gasteiger partial charge >= 0.3 is 0 Å². The highest BCUT2D eigenvalue weighted by atomic mass is 19.1. The van der Waals surface area contributed by atoms with E-state index in [1.54, 1.807) is 0 Å². The van der Waals surface area contributed by atoms with Crippen LogP contribution in [0.5, 0.6) is 5.75 Å². The van der Waals surface area contributed by atoms with Gasteiger partial charge in [-0.15, -0.1) is 0 Å². The zero-order valence-corrected chi connectivity index (χ0v) is 8.27. The van der Waals surface area contributed by atoms with Crippen molar-refractivity contribution in [1.29, 1.82) is 0 Å². The molecule has 0 aromatic heterocycles. The van der Waals surface area contributed by atoms with E-state index in [2.05, 4.69) is 0 Å². The number of benzene rings is 1. The number of halogens is 3. The number of hydrogen-bond donors (Lipinski definition) is 1. The lowest BCUT2D eigenvalue weighted by Gasteiger charge is -2.13. The van der Waals surface area contributed by atoms with Crippen LogP contribution in [-0.4, -0.2) is 13.7 Å². The fourth-order valence-electron chi connectivity index (χ4n) is 1.32.